The van der Waals surface area contributed by atoms with Crippen LogP contribution >= 0.6 is 0 Å². The predicted octanol–water partition coefficient (Wildman–Crippen LogP) is 5.15. The third kappa shape index (κ3) is 5.63. The van der Waals surface area contributed by atoms with Gasteiger partial charge in [-0.05, 0) is 74.8 Å². The molecular formula is C31H31F4N5O2. The minimum absolute atomic E-state index is 0.0526. The minimum Gasteiger partial charge on any atom is -0.496 e. The van der Waals surface area contributed by atoms with Crippen molar-refractivity contribution < 1.29 is 27.1 Å². The van der Waals surface area contributed by atoms with Crippen LogP contribution in [-0.2, 0) is 16.4 Å². The third-order valence-corrected chi connectivity index (χ3v) is 8.32. The number of amides is 1. The first kappa shape index (κ1) is 29.3. The summed E-state index contributed by atoms with van der Waals surface area (Å²) >= 11 is 0. The Labute approximate surface area is 241 Å². The topological polar surface area (TPSA) is 81.5 Å². The number of rotatable bonds is 6. The maximum absolute atomic E-state index is 15.7. The highest BCUT2D eigenvalue weighted by atomic mass is 19.4. The van der Waals surface area contributed by atoms with Crippen molar-refractivity contribution in [2.75, 3.05) is 45.2 Å². The molecule has 1 amide bonds. The van der Waals surface area contributed by atoms with Crippen LogP contribution < -0.4 is 15.0 Å². The summed E-state index contributed by atoms with van der Waals surface area (Å²) in [6.45, 7) is 2.09. The van der Waals surface area contributed by atoms with Gasteiger partial charge in [0, 0.05) is 37.4 Å². The normalized spacial score (nSPS) is 18.9. The van der Waals surface area contributed by atoms with Crippen LogP contribution in [0.25, 0.3) is 11.3 Å². The molecule has 2 saturated heterocycles. The Morgan fingerprint density at radius 2 is 1.88 bits per heavy atom. The number of piperidine rings is 1. The molecule has 42 heavy (non-hydrogen) atoms. The molecule has 0 unspecified atom stereocenters. The molecule has 5 rings (SSSR count). The number of benzene rings is 2. The summed E-state index contributed by atoms with van der Waals surface area (Å²) in [4.78, 5) is 22.3. The zero-order valence-electron chi connectivity index (χ0n) is 23.3. The van der Waals surface area contributed by atoms with E-state index < -0.39 is 23.0 Å². The highest BCUT2D eigenvalue weighted by Gasteiger charge is 2.45. The van der Waals surface area contributed by atoms with E-state index in [1.807, 2.05) is 13.1 Å². The molecule has 2 aliphatic heterocycles. The zero-order chi connectivity index (χ0) is 30.1. The summed E-state index contributed by atoms with van der Waals surface area (Å²) in [5.41, 5.74) is -0.731. The first-order valence-corrected chi connectivity index (χ1v) is 13.7. The molecule has 0 bridgehead atoms. The van der Waals surface area contributed by atoms with Gasteiger partial charge in [-0.15, -0.1) is 0 Å². The number of carbonyl (C=O) groups excluding carboxylic acids is 1. The summed E-state index contributed by atoms with van der Waals surface area (Å²) in [6.07, 6.45) is -1.74. The Bertz CT molecular complexity index is 1510. The van der Waals surface area contributed by atoms with E-state index in [4.69, 9.17) is 4.74 Å². The number of aromatic nitrogens is 1. The molecule has 2 aliphatic rings. The quantitative estimate of drug-likeness (QED) is 0.406. The second kappa shape index (κ2) is 11.6. The first-order chi connectivity index (χ1) is 20.1. The molecule has 3 heterocycles. The summed E-state index contributed by atoms with van der Waals surface area (Å²) < 4.78 is 60.8. The minimum atomic E-state index is -4.57. The van der Waals surface area contributed by atoms with Crippen LogP contribution in [0.1, 0.15) is 36.0 Å². The SMILES string of the molecule is COc1ccccc1-c1ncc(C2(C(=O)N[C@@H]3CCN(C)C3)CCN(c3ccc(C(F)(F)F)cc3C#N)CC2)cc1F. The van der Waals surface area contributed by atoms with Crippen molar-refractivity contribution in [3.05, 3.63) is 77.2 Å². The highest BCUT2D eigenvalue weighted by Crippen LogP contribution is 2.41. The fourth-order valence-electron chi connectivity index (χ4n) is 5.97. The molecule has 1 aromatic heterocycles. The molecule has 0 radical (unpaired) electrons. The second-order valence-corrected chi connectivity index (χ2v) is 10.9. The van der Waals surface area contributed by atoms with E-state index >= 15 is 4.39 Å². The van der Waals surface area contributed by atoms with Gasteiger partial charge in [-0.25, -0.2) is 4.39 Å². The molecule has 2 aromatic carbocycles. The lowest BCUT2D eigenvalue weighted by Gasteiger charge is -2.42. The largest absolute Gasteiger partial charge is 0.496 e. The molecule has 11 heteroatoms. The van der Waals surface area contributed by atoms with Gasteiger partial charge in [-0.1, -0.05) is 12.1 Å². The van der Waals surface area contributed by atoms with Crippen molar-refractivity contribution in [2.24, 2.45) is 0 Å². The second-order valence-electron chi connectivity index (χ2n) is 10.9. The van der Waals surface area contributed by atoms with Crippen molar-refractivity contribution in [2.45, 2.75) is 36.9 Å². The molecule has 1 atom stereocenters. The molecule has 0 aliphatic carbocycles. The summed E-state index contributed by atoms with van der Waals surface area (Å²) in [7, 11) is 3.47. The molecular weight excluding hydrogens is 550 g/mol. The van der Waals surface area contributed by atoms with Crippen LogP contribution in [0.4, 0.5) is 23.2 Å². The number of alkyl halides is 3. The number of likely N-dealkylation sites (tertiary alicyclic amines) is 1. The summed E-state index contributed by atoms with van der Waals surface area (Å²) in [5.74, 6) is -0.365. The number of hydrogen-bond acceptors (Lipinski definition) is 6. The van der Waals surface area contributed by atoms with Crippen LogP contribution in [0.2, 0.25) is 0 Å². The lowest BCUT2D eigenvalue weighted by molar-refractivity contribution is -0.137. The van der Waals surface area contributed by atoms with E-state index in [1.165, 1.54) is 25.4 Å². The number of likely N-dealkylation sites (N-methyl/N-ethyl adjacent to an activating group) is 1. The van der Waals surface area contributed by atoms with Gasteiger partial charge < -0.3 is 19.9 Å². The van der Waals surface area contributed by atoms with E-state index in [-0.39, 0.29) is 49.1 Å². The van der Waals surface area contributed by atoms with E-state index in [0.717, 1.165) is 25.1 Å². The van der Waals surface area contributed by atoms with Crippen LogP contribution in [0.15, 0.2) is 54.7 Å². The molecule has 2 fully saturated rings. The molecule has 7 nitrogen and oxygen atoms in total. The molecule has 0 spiro atoms. The number of anilines is 1. The third-order valence-electron chi connectivity index (χ3n) is 8.32. The zero-order valence-corrected chi connectivity index (χ0v) is 23.3. The Kier molecular flexibility index (Phi) is 8.10. The first-order valence-electron chi connectivity index (χ1n) is 13.7. The van der Waals surface area contributed by atoms with E-state index in [0.29, 0.717) is 29.1 Å². The van der Waals surface area contributed by atoms with E-state index in [1.54, 1.807) is 29.2 Å². The van der Waals surface area contributed by atoms with Crippen molar-refractivity contribution in [3.8, 4) is 23.1 Å². The van der Waals surface area contributed by atoms with E-state index in [9.17, 15) is 23.2 Å². The van der Waals surface area contributed by atoms with Gasteiger partial charge in [0.2, 0.25) is 5.91 Å². The number of carbonyl (C=O) groups is 1. The van der Waals surface area contributed by atoms with Gasteiger partial charge >= 0.3 is 6.18 Å². The van der Waals surface area contributed by atoms with Gasteiger partial charge in [0.25, 0.3) is 0 Å². The van der Waals surface area contributed by atoms with Crippen molar-refractivity contribution in [1.29, 1.82) is 5.26 Å². The van der Waals surface area contributed by atoms with Gasteiger partial charge in [-0.2, -0.15) is 18.4 Å². The average molecular weight is 582 g/mol. The number of ether oxygens (including phenoxy) is 1. The van der Waals surface area contributed by atoms with Crippen molar-refractivity contribution in [3.63, 3.8) is 0 Å². The maximum atomic E-state index is 15.7. The van der Waals surface area contributed by atoms with Gasteiger partial charge in [0.15, 0.2) is 0 Å². The number of hydrogen-bond donors (Lipinski definition) is 1. The number of nitriles is 1. The Morgan fingerprint density at radius 1 is 1.14 bits per heavy atom. The molecule has 3 aromatic rings. The van der Waals surface area contributed by atoms with Gasteiger partial charge in [-0.3, -0.25) is 9.78 Å². The fraction of sp³-hybridized carbons (Fsp3) is 0.387. The van der Waals surface area contributed by atoms with E-state index in [2.05, 4.69) is 15.2 Å². The van der Waals surface area contributed by atoms with Crippen LogP contribution in [0.3, 0.4) is 0 Å². The van der Waals surface area contributed by atoms with Gasteiger partial charge in [0.05, 0.1) is 29.3 Å². The molecule has 1 N–H and O–H groups in total. The molecule has 220 valence electrons. The van der Waals surface area contributed by atoms with Crippen molar-refractivity contribution in [1.82, 2.24) is 15.2 Å². The molecule has 0 saturated carbocycles. The van der Waals surface area contributed by atoms with Crippen molar-refractivity contribution >= 4 is 11.6 Å². The number of nitrogens with zero attached hydrogens (tertiary/aromatic N) is 4. The Hall–Kier alpha value is -4.17. The summed E-state index contributed by atoms with van der Waals surface area (Å²) in [6, 6.07) is 13.2. The predicted molar refractivity (Wildman–Crippen MR) is 150 cm³/mol. The average Bonchev–Trinajstić information content (AvgIpc) is 3.40. The maximum Gasteiger partial charge on any atom is 0.416 e. The fourth-order valence-corrected chi connectivity index (χ4v) is 5.97. The lowest BCUT2D eigenvalue weighted by atomic mass is 9.72. The smallest absolute Gasteiger partial charge is 0.416 e. The lowest BCUT2D eigenvalue weighted by Crippen LogP contribution is -2.54. The van der Waals surface area contributed by atoms with Crippen LogP contribution in [-0.4, -0.2) is 62.2 Å². The Morgan fingerprint density at radius 3 is 2.50 bits per heavy atom. The number of nitrogens with one attached hydrogen (secondary N) is 1. The number of methoxy groups -OCH3 is 1. The summed E-state index contributed by atoms with van der Waals surface area (Å²) in [5, 5.41) is 12.8. The number of pyridine rings is 1. The monoisotopic (exact) mass is 581 g/mol. The highest BCUT2D eigenvalue weighted by molar-refractivity contribution is 5.89. The number of para-hydroxylation sites is 1. The number of halogens is 4. The van der Waals surface area contributed by atoms with Gasteiger partial charge in [0.1, 0.15) is 23.3 Å². The van der Waals surface area contributed by atoms with Crippen LogP contribution in [0, 0.1) is 17.1 Å². The Balaban J connectivity index is 1.47. The standard InChI is InChI=1S/C31H31F4N5O2/c1-39-12-9-23(19-39)38-29(41)30(22-16-25(32)28(37-18-22)24-5-3-4-6-27(24)42-2)10-13-40(14-11-30)26-8-7-21(31(33,34)35)15-20(26)17-36/h3-8,15-16,18,23H,9-14,19H2,1-2H3,(H,38,41)/t23-/m1/s1. The van der Waals surface area contributed by atoms with Crippen LogP contribution in [0.5, 0.6) is 5.75 Å².